The molecule has 1 spiro atoms. The van der Waals surface area contributed by atoms with E-state index in [1.807, 2.05) is 0 Å². The lowest BCUT2D eigenvalue weighted by molar-refractivity contribution is -0.0222. The van der Waals surface area contributed by atoms with Crippen LogP contribution in [0.4, 0.5) is 0 Å². The van der Waals surface area contributed by atoms with Crippen LogP contribution >= 0.6 is 0 Å². The Morgan fingerprint density at radius 2 is 1.83 bits per heavy atom. The largest absolute Gasteiger partial charge is 0.396 e. The molecule has 0 saturated heterocycles. The van der Waals surface area contributed by atoms with E-state index in [0.717, 1.165) is 5.92 Å². The monoisotopic (exact) mass is 168 g/mol. The van der Waals surface area contributed by atoms with Crippen molar-refractivity contribution in [2.24, 2.45) is 17.3 Å². The molecule has 1 N–H and O–H groups in total. The first-order chi connectivity index (χ1) is 5.74. The summed E-state index contributed by atoms with van der Waals surface area (Å²) in [6.45, 7) is 2.80. The van der Waals surface area contributed by atoms with Gasteiger partial charge in [0.1, 0.15) is 0 Å². The molecule has 1 heteroatoms. The van der Waals surface area contributed by atoms with Crippen molar-refractivity contribution in [1.29, 1.82) is 0 Å². The molecule has 0 aromatic carbocycles. The van der Waals surface area contributed by atoms with Gasteiger partial charge in [0.15, 0.2) is 0 Å². The molecule has 2 rings (SSSR count). The highest BCUT2D eigenvalue weighted by Gasteiger charge is 2.44. The number of hydrogen-bond donors (Lipinski definition) is 1. The van der Waals surface area contributed by atoms with Crippen LogP contribution in [0.2, 0.25) is 0 Å². The lowest BCUT2D eigenvalue weighted by Gasteiger charge is -2.51. The van der Waals surface area contributed by atoms with Crippen LogP contribution in [0.15, 0.2) is 0 Å². The topological polar surface area (TPSA) is 20.2 Å². The second kappa shape index (κ2) is 3.02. The number of aliphatic hydroxyl groups is 1. The predicted octanol–water partition coefficient (Wildman–Crippen LogP) is 2.59. The fourth-order valence-corrected chi connectivity index (χ4v) is 3.08. The molecular weight excluding hydrogens is 148 g/mol. The number of rotatable bonds is 1. The molecule has 0 aliphatic heterocycles. The highest BCUT2D eigenvalue weighted by Crippen LogP contribution is 2.55. The van der Waals surface area contributed by atoms with Gasteiger partial charge in [0, 0.05) is 6.61 Å². The summed E-state index contributed by atoms with van der Waals surface area (Å²) >= 11 is 0. The molecule has 0 unspecified atom stereocenters. The van der Waals surface area contributed by atoms with Gasteiger partial charge < -0.3 is 5.11 Å². The summed E-state index contributed by atoms with van der Waals surface area (Å²) in [4.78, 5) is 0. The van der Waals surface area contributed by atoms with Gasteiger partial charge in [-0.05, 0) is 42.9 Å². The molecule has 70 valence electrons. The smallest absolute Gasteiger partial charge is 0.0459 e. The molecule has 0 heterocycles. The van der Waals surface area contributed by atoms with Crippen LogP contribution in [0, 0.1) is 17.3 Å². The van der Waals surface area contributed by atoms with Gasteiger partial charge in [-0.3, -0.25) is 0 Å². The second-order valence-corrected chi connectivity index (χ2v) is 5.14. The third kappa shape index (κ3) is 1.39. The van der Waals surface area contributed by atoms with Crippen molar-refractivity contribution in [3.8, 4) is 0 Å². The Hall–Kier alpha value is -0.0400. The maximum atomic E-state index is 8.95. The van der Waals surface area contributed by atoms with Crippen LogP contribution in [0.5, 0.6) is 0 Å². The lowest BCUT2D eigenvalue weighted by atomic mass is 9.55. The van der Waals surface area contributed by atoms with E-state index < -0.39 is 0 Å². The van der Waals surface area contributed by atoms with E-state index in [4.69, 9.17) is 5.11 Å². The van der Waals surface area contributed by atoms with E-state index in [-0.39, 0.29) is 0 Å². The van der Waals surface area contributed by atoms with Crippen LogP contribution in [-0.4, -0.2) is 11.7 Å². The average Bonchev–Trinajstić information content (AvgIpc) is 2.02. The van der Waals surface area contributed by atoms with Crippen LogP contribution in [-0.2, 0) is 0 Å². The Bertz CT molecular complexity index is 141. The molecule has 2 saturated carbocycles. The van der Waals surface area contributed by atoms with Crippen molar-refractivity contribution in [3.05, 3.63) is 0 Å². The van der Waals surface area contributed by atoms with Gasteiger partial charge in [0.2, 0.25) is 0 Å². The normalized spacial score (nSPS) is 47.5. The Balaban J connectivity index is 1.83. The zero-order valence-corrected chi connectivity index (χ0v) is 8.05. The van der Waals surface area contributed by atoms with Crippen molar-refractivity contribution in [2.45, 2.75) is 45.4 Å². The van der Waals surface area contributed by atoms with Crippen LogP contribution in [0.1, 0.15) is 45.4 Å². The van der Waals surface area contributed by atoms with E-state index in [0.29, 0.717) is 17.9 Å². The maximum absolute atomic E-state index is 8.95. The van der Waals surface area contributed by atoms with Gasteiger partial charge in [-0.25, -0.2) is 0 Å². The summed E-state index contributed by atoms with van der Waals surface area (Å²) in [6, 6.07) is 0. The SMILES string of the molecule is CC1CCC2(CC1)CC(CO)C2. The highest BCUT2D eigenvalue weighted by molar-refractivity contribution is 4.95. The molecule has 12 heavy (non-hydrogen) atoms. The Kier molecular flexibility index (Phi) is 2.16. The molecule has 0 bridgehead atoms. The van der Waals surface area contributed by atoms with E-state index in [9.17, 15) is 0 Å². The van der Waals surface area contributed by atoms with Gasteiger partial charge in [-0.2, -0.15) is 0 Å². The predicted molar refractivity (Wildman–Crippen MR) is 49.9 cm³/mol. The molecule has 0 atom stereocenters. The van der Waals surface area contributed by atoms with Crippen molar-refractivity contribution < 1.29 is 5.11 Å². The standard InChI is InChI=1S/C11H20O/c1-9-2-4-11(5-3-9)6-10(7-11)8-12/h9-10,12H,2-8H2,1H3. The summed E-state index contributed by atoms with van der Waals surface area (Å²) in [5.41, 5.74) is 0.694. The first-order valence-electron chi connectivity index (χ1n) is 5.35. The third-order valence-corrected chi connectivity index (χ3v) is 4.04. The van der Waals surface area contributed by atoms with Crippen molar-refractivity contribution in [2.75, 3.05) is 6.61 Å². The van der Waals surface area contributed by atoms with Gasteiger partial charge in [-0.15, -0.1) is 0 Å². The summed E-state index contributed by atoms with van der Waals surface area (Å²) in [5.74, 6) is 1.61. The Labute approximate surface area is 75.2 Å². The van der Waals surface area contributed by atoms with E-state index in [1.165, 1.54) is 38.5 Å². The van der Waals surface area contributed by atoms with Crippen LogP contribution in [0.25, 0.3) is 0 Å². The minimum Gasteiger partial charge on any atom is -0.396 e. The van der Waals surface area contributed by atoms with Crippen molar-refractivity contribution in [1.82, 2.24) is 0 Å². The summed E-state index contributed by atoms with van der Waals surface area (Å²) in [7, 11) is 0. The first kappa shape index (κ1) is 8.55. The average molecular weight is 168 g/mol. The zero-order valence-electron chi connectivity index (χ0n) is 8.05. The number of hydrogen-bond acceptors (Lipinski definition) is 1. The molecule has 0 radical (unpaired) electrons. The zero-order chi connectivity index (χ0) is 8.60. The van der Waals surface area contributed by atoms with E-state index in [1.54, 1.807) is 0 Å². The fraction of sp³-hybridized carbons (Fsp3) is 1.00. The van der Waals surface area contributed by atoms with Gasteiger partial charge in [0.05, 0.1) is 0 Å². The molecule has 0 aromatic rings. The maximum Gasteiger partial charge on any atom is 0.0459 e. The summed E-state index contributed by atoms with van der Waals surface area (Å²) in [5, 5.41) is 8.95. The Morgan fingerprint density at radius 3 is 2.33 bits per heavy atom. The summed E-state index contributed by atoms with van der Waals surface area (Å²) in [6.07, 6.45) is 8.36. The molecule has 0 aromatic heterocycles. The molecule has 2 aliphatic rings. The molecule has 2 fully saturated rings. The minimum atomic E-state index is 0.428. The molecular formula is C11H20O. The highest BCUT2D eigenvalue weighted by atomic mass is 16.3. The number of aliphatic hydroxyl groups excluding tert-OH is 1. The van der Waals surface area contributed by atoms with Crippen molar-refractivity contribution >= 4 is 0 Å². The van der Waals surface area contributed by atoms with Crippen molar-refractivity contribution in [3.63, 3.8) is 0 Å². The first-order valence-corrected chi connectivity index (χ1v) is 5.35. The quantitative estimate of drug-likeness (QED) is 0.638. The van der Waals surface area contributed by atoms with Crippen LogP contribution in [0.3, 0.4) is 0 Å². The third-order valence-electron chi connectivity index (χ3n) is 4.04. The molecule has 2 aliphatic carbocycles. The van der Waals surface area contributed by atoms with E-state index in [2.05, 4.69) is 6.92 Å². The van der Waals surface area contributed by atoms with E-state index >= 15 is 0 Å². The summed E-state index contributed by atoms with van der Waals surface area (Å²) < 4.78 is 0. The second-order valence-electron chi connectivity index (χ2n) is 5.14. The minimum absolute atomic E-state index is 0.428. The molecule has 1 nitrogen and oxygen atoms in total. The van der Waals surface area contributed by atoms with Gasteiger partial charge in [0.25, 0.3) is 0 Å². The van der Waals surface area contributed by atoms with Gasteiger partial charge >= 0.3 is 0 Å². The fourth-order valence-electron chi connectivity index (χ4n) is 3.08. The molecule has 0 amide bonds. The van der Waals surface area contributed by atoms with Gasteiger partial charge in [-0.1, -0.05) is 19.8 Å². The Morgan fingerprint density at radius 1 is 1.25 bits per heavy atom. The lowest BCUT2D eigenvalue weighted by Crippen LogP contribution is -2.41. The van der Waals surface area contributed by atoms with Crippen LogP contribution < -0.4 is 0 Å².